The molecule has 1 heterocycles. The summed E-state index contributed by atoms with van der Waals surface area (Å²) in [6, 6.07) is 10.4. The number of aromatic nitrogens is 1. The van der Waals surface area contributed by atoms with Crippen LogP contribution < -0.4 is 5.73 Å². The van der Waals surface area contributed by atoms with Crippen molar-refractivity contribution >= 4 is 10.9 Å². The third-order valence-electron chi connectivity index (χ3n) is 3.93. The van der Waals surface area contributed by atoms with Gasteiger partial charge in [0.2, 0.25) is 0 Å². The van der Waals surface area contributed by atoms with Crippen LogP contribution in [0.2, 0.25) is 0 Å². The van der Waals surface area contributed by atoms with Gasteiger partial charge in [-0.3, -0.25) is 4.98 Å². The van der Waals surface area contributed by atoms with Crippen LogP contribution in [0, 0.1) is 12.8 Å². The number of nitrogens with two attached hydrogens (primary N) is 1. The first-order valence-corrected chi connectivity index (χ1v) is 6.93. The predicted octanol–water partition coefficient (Wildman–Crippen LogP) is 2.80. The first-order chi connectivity index (χ1) is 9.26. The summed E-state index contributed by atoms with van der Waals surface area (Å²) >= 11 is 0. The maximum absolute atomic E-state index is 5.98. The summed E-state index contributed by atoms with van der Waals surface area (Å²) in [6.45, 7) is 3.49. The van der Waals surface area contributed by atoms with Gasteiger partial charge in [0.25, 0.3) is 0 Å². The molecule has 1 aliphatic rings. The Morgan fingerprint density at radius 3 is 2.89 bits per heavy atom. The molecular formula is C16H20N2O. The number of rotatable bonds is 4. The molecule has 0 saturated heterocycles. The van der Waals surface area contributed by atoms with Gasteiger partial charge in [-0.25, -0.2) is 0 Å². The number of pyridine rings is 1. The molecule has 0 spiro atoms. The Morgan fingerprint density at radius 2 is 2.11 bits per heavy atom. The normalized spacial score (nSPS) is 22.4. The Balaban J connectivity index is 1.74. The largest absolute Gasteiger partial charge is 0.373 e. The lowest BCUT2D eigenvalue weighted by atomic mass is 9.82. The van der Waals surface area contributed by atoms with Crippen molar-refractivity contribution in [2.24, 2.45) is 11.7 Å². The molecule has 0 unspecified atom stereocenters. The maximum atomic E-state index is 5.98. The Hall–Kier alpha value is -1.45. The molecule has 2 aromatic rings. The summed E-state index contributed by atoms with van der Waals surface area (Å²) in [5, 5.41) is 1.20. The van der Waals surface area contributed by atoms with E-state index in [1.165, 1.54) is 10.9 Å². The van der Waals surface area contributed by atoms with Gasteiger partial charge in [-0.2, -0.15) is 0 Å². The number of fused-ring (bicyclic) bond motifs is 1. The third-order valence-corrected chi connectivity index (χ3v) is 3.93. The number of benzene rings is 1. The summed E-state index contributed by atoms with van der Waals surface area (Å²) in [4.78, 5) is 4.55. The highest BCUT2D eigenvalue weighted by atomic mass is 16.5. The summed E-state index contributed by atoms with van der Waals surface area (Å²) in [5.41, 5.74) is 8.97. The number of aryl methyl sites for hydroxylation is 1. The molecule has 2 N–H and O–H groups in total. The van der Waals surface area contributed by atoms with E-state index in [9.17, 15) is 0 Å². The Bertz CT molecular complexity index is 576. The van der Waals surface area contributed by atoms with Gasteiger partial charge >= 0.3 is 0 Å². The van der Waals surface area contributed by atoms with Gasteiger partial charge < -0.3 is 10.5 Å². The van der Waals surface area contributed by atoms with Crippen molar-refractivity contribution in [1.29, 1.82) is 0 Å². The highest BCUT2D eigenvalue weighted by Gasteiger charge is 2.28. The molecule has 0 bridgehead atoms. The van der Waals surface area contributed by atoms with Crippen LogP contribution in [0.15, 0.2) is 30.3 Å². The molecule has 0 radical (unpaired) electrons. The molecular weight excluding hydrogens is 236 g/mol. The van der Waals surface area contributed by atoms with Gasteiger partial charge in [0.15, 0.2) is 0 Å². The van der Waals surface area contributed by atoms with E-state index in [4.69, 9.17) is 10.5 Å². The van der Waals surface area contributed by atoms with Crippen LogP contribution in [-0.4, -0.2) is 17.6 Å². The second-order valence-electron chi connectivity index (χ2n) is 5.45. The lowest BCUT2D eigenvalue weighted by Crippen LogP contribution is -2.35. The van der Waals surface area contributed by atoms with Crippen LogP contribution in [-0.2, 0) is 11.3 Å². The SMILES string of the molecule is Cc1cc(COC2CC(CN)C2)c2ccccc2n1. The standard InChI is InChI=1S/C16H20N2O/c1-11-6-13(10-19-14-7-12(8-14)9-17)15-4-2-3-5-16(15)18-11/h2-6,12,14H,7-10,17H2,1H3. The van der Waals surface area contributed by atoms with Crippen molar-refractivity contribution in [2.75, 3.05) is 6.54 Å². The minimum absolute atomic E-state index is 0.390. The number of hydrogen-bond acceptors (Lipinski definition) is 3. The molecule has 1 fully saturated rings. The van der Waals surface area contributed by atoms with Crippen LogP contribution in [0.25, 0.3) is 10.9 Å². The second kappa shape index (κ2) is 5.27. The summed E-state index contributed by atoms with van der Waals surface area (Å²) < 4.78 is 5.98. The van der Waals surface area contributed by atoms with Crippen molar-refractivity contribution in [1.82, 2.24) is 4.98 Å². The molecule has 3 rings (SSSR count). The van der Waals surface area contributed by atoms with Crippen LogP contribution in [0.1, 0.15) is 24.1 Å². The molecule has 0 atom stereocenters. The minimum atomic E-state index is 0.390. The second-order valence-corrected chi connectivity index (χ2v) is 5.45. The fraction of sp³-hybridized carbons (Fsp3) is 0.438. The smallest absolute Gasteiger partial charge is 0.0727 e. The lowest BCUT2D eigenvalue weighted by molar-refractivity contribution is -0.0372. The average Bonchev–Trinajstić information content (AvgIpc) is 2.36. The van der Waals surface area contributed by atoms with Crippen molar-refractivity contribution in [3.63, 3.8) is 0 Å². The molecule has 1 aromatic heterocycles. The van der Waals surface area contributed by atoms with Crippen LogP contribution in [0.4, 0.5) is 0 Å². The van der Waals surface area contributed by atoms with Crippen molar-refractivity contribution in [2.45, 2.75) is 32.5 Å². The van der Waals surface area contributed by atoms with Crippen LogP contribution in [0.3, 0.4) is 0 Å². The highest BCUT2D eigenvalue weighted by Crippen LogP contribution is 2.30. The maximum Gasteiger partial charge on any atom is 0.0727 e. The van der Waals surface area contributed by atoms with E-state index in [1.54, 1.807) is 0 Å². The molecule has 1 aliphatic carbocycles. The molecule has 19 heavy (non-hydrogen) atoms. The Morgan fingerprint density at radius 1 is 1.32 bits per heavy atom. The van der Waals surface area contributed by atoms with E-state index < -0.39 is 0 Å². The van der Waals surface area contributed by atoms with E-state index in [0.717, 1.165) is 30.6 Å². The highest BCUT2D eigenvalue weighted by molar-refractivity contribution is 5.82. The monoisotopic (exact) mass is 256 g/mol. The molecule has 1 aromatic carbocycles. The molecule has 0 amide bonds. The quantitative estimate of drug-likeness (QED) is 0.915. The van der Waals surface area contributed by atoms with E-state index in [2.05, 4.69) is 29.2 Å². The molecule has 1 saturated carbocycles. The molecule has 0 aliphatic heterocycles. The van der Waals surface area contributed by atoms with Crippen LogP contribution in [0.5, 0.6) is 0 Å². The van der Waals surface area contributed by atoms with E-state index in [0.29, 0.717) is 18.6 Å². The average molecular weight is 256 g/mol. The molecule has 100 valence electrons. The number of hydrogen-bond donors (Lipinski definition) is 1. The zero-order valence-electron chi connectivity index (χ0n) is 11.3. The summed E-state index contributed by atoms with van der Waals surface area (Å²) in [5.74, 6) is 0.668. The van der Waals surface area contributed by atoms with Crippen molar-refractivity contribution in [3.8, 4) is 0 Å². The van der Waals surface area contributed by atoms with Gasteiger partial charge in [-0.1, -0.05) is 18.2 Å². The number of para-hydroxylation sites is 1. The predicted molar refractivity (Wildman–Crippen MR) is 76.8 cm³/mol. The number of ether oxygens (including phenoxy) is 1. The van der Waals surface area contributed by atoms with Crippen molar-refractivity contribution in [3.05, 3.63) is 41.6 Å². The Kier molecular flexibility index (Phi) is 3.49. The van der Waals surface area contributed by atoms with E-state index in [1.807, 2.05) is 13.0 Å². The van der Waals surface area contributed by atoms with Gasteiger partial charge in [0, 0.05) is 11.1 Å². The van der Waals surface area contributed by atoms with Gasteiger partial charge in [0.1, 0.15) is 0 Å². The summed E-state index contributed by atoms with van der Waals surface area (Å²) in [7, 11) is 0. The lowest BCUT2D eigenvalue weighted by Gasteiger charge is -2.34. The first kappa shape index (κ1) is 12.6. The van der Waals surface area contributed by atoms with E-state index >= 15 is 0 Å². The first-order valence-electron chi connectivity index (χ1n) is 6.93. The third kappa shape index (κ3) is 2.62. The van der Waals surface area contributed by atoms with Gasteiger partial charge in [-0.15, -0.1) is 0 Å². The van der Waals surface area contributed by atoms with Crippen molar-refractivity contribution < 1.29 is 4.74 Å². The van der Waals surface area contributed by atoms with Crippen LogP contribution >= 0.6 is 0 Å². The Labute approximate surface area is 113 Å². The van der Waals surface area contributed by atoms with Gasteiger partial charge in [-0.05, 0) is 49.9 Å². The fourth-order valence-electron chi connectivity index (χ4n) is 2.72. The minimum Gasteiger partial charge on any atom is -0.373 e. The molecule has 3 heteroatoms. The van der Waals surface area contributed by atoms with E-state index in [-0.39, 0.29) is 0 Å². The fourth-order valence-corrected chi connectivity index (χ4v) is 2.72. The van der Waals surface area contributed by atoms with Gasteiger partial charge in [0.05, 0.1) is 18.2 Å². The zero-order chi connectivity index (χ0) is 13.2. The number of nitrogens with zero attached hydrogens (tertiary/aromatic N) is 1. The zero-order valence-corrected chi connectivity index (χ0v) is 11.3. The summed E-state index contributed by atoms with van der Waals surface area (Å²) in [6.07, 6.45) is 2.61. The molecule has 3 nitrogen and oxygen atoms in total. The topological polar surface area (TPSA) is 48.1 Å².